The van der Waals surface area contributed by atoms with Crippen LogP contribution in [0.5, 0.6) is 0 Å². The molecule has 0 saturated carbocycles. The Balaban J connectivity index is 1.53. The van der Waals surface area contributed by atoms with Gasteiger partial charge in [0.15, 0.2) is 0 Å². The SMILES string of the molecule is N[C@H](Cc1ccccc1)C(=O)NC1CC2CCC1O2. The highest BCUT2D eigenvalue weighted by Crippen LogP contribution is 2.34. The molecule has 3 N–H and O–H groups in total. The molecule has 4 heteroatoms. The minimum Gasteiger partial charge on any atom is -0.373 e. The lowest BCUT2D eigenvalue weighted by atomic mass is 9.95. The molecule has 3 unspecified atom stereocenters. The van der Waals surface area contributed by atoms with Crippen LogP contribution in [-0.4, -0.2) is 30.2 Å². The van der Waals surface area contributed by atoms with E-state index in [1.165, 1.54) is 0 Å². The van der Waals surface area contributed by atoms with E-state index in [0.717, 1.165) is 24.8 Å². The van der Waals surface area contributed by atoms with Gasteiger partial charge in [-0.25, -0.2) is 0 Å². The van der Waals surface area contributed by atoms with E-state index in [-0.39, 0.29) is 18.1 Å². The van der Waals surface area contributed by atoms with Crippen LogP contribution in [0.4, 0.5) is 0 Å². The Labute approximate surface area is 113 Å². The number of rotatable bonds is 4. The van der Waals surface area contributed by atoms with E-state index in [9.17, 15) is 4.79 Å². The van der Waals surface area contributed by atoms with Crippen molar-refractivity contribution in [2.45, 2.75) is 50.0 Å². The van der Waals surface area contributed by atoms with Gasteiger partial charge < -0.3 is 15.8 Å². The second kappa shape index (κ2) is 5.31. The summed E-state index contributed by atoms with van der Waals surface area (Å²) in [6.07, 6.45) is 4.26. The summed E-state index contributed by atoms with van der Waals surface area (Å²) in [5.74, 6) is -0.0648. The van der Waals surface area contributed by atoms with Gasteiger partial charge in [0.25, 0.3) is 0 Å². The maximum Gasteiger partial charge on any atom is 0.237 e. The molecule has 2 aliphatic heterocycles. The first-order valence-electron chi connectivity index (χ1n) is 6.98. The second-order valence-corrected chi connectivity index (χ2v) is 5.52. The number of benzene rings is 1. The summed E-state index contributed by atoms with van der Waals surface area (Å²) in [5, 5.41) is 3.04. The van der Waals surface area contributed by atoms with E-state index in [2.05, 4.69) is 5.32 Å². The monoisotopic (exact) mass is 260 g/mol. The first-order valence-corrected chi connectivity index (χ1v) is 6.98. The van der Waals surface area contributed by atoms with Crippen LogP contribution in [0.1, 0.15) is 24.8 Å². The molecule has 2 bridgehead atoms. The van der Waals surface area contributed by atoms with Crippen LogP contribution in [0, 0.1) is 0 Å². The number of fused-ring (bicyclic) bond motifs is 2. The third kappa shape index (κ3) is 2.80. The summed E-state index contributed by atoms with van der Waals surface area (Å²) >= 11 is 0. The normalized spacial score (nSPS) is 30.3. The zero-order valence-corrected chi connectivity index (χ0v) is 10.9. The number of hydrogen-bond acceptors (Lipinski definition) is 3. The van der Waals surface area contributed by atoms with Crippen molar-refractivity contribution in [2.75, 3.05) is 0 Å². The van der Waals surface area contributed by atoms with E-state index in [0.29, 0.717) is 12.5 Å². The summed E-state index contributed by atoms with van der Waals surface area (Å²) in [5.41, 5.74) is 7.06. The molecule has 2 heterocycles. The van der Waals surface area contributed by atoms with Gasteiger partial charge in [0, 0.05) is 0 Å². The summed E-state index contributed by atoms with van der Waals surface area (Å²) < 4.78 is 5.73. The third-order valence-corrected chi connectivity index (χ3v) is 4.07. The number of nitrogens with one attached hydrogen (secondary N) is 1. The highest BCUT2D eigenvalue weighted by atomic mass is 16.5. The molecule has 1 amide bonds. The van der Waals surface area contributed by atoms with Crippen molar-refractivity contribution < 1.29 is 9.53 Å². The fraction of sp³-hybridized carbons (Fsp3) is 0.533. The third-order valence-electron chi connectivity index (χ3n) is 4.07. The van der Waals surface area contributed by atoms with Crippen LogP contribution in [0.15, 0.2) is 30.3 Å². The molecular formula is C15H20N2O2. The predicted molar refractivity (Wildman–Crippen MR) is 72.6 cm³/mol. The number of ether oxygens (including phenoxy) is 1. The Morgan fingerprint density at radius 2 is 2.16 bits per heavy atom. The number of carbonyl (C=O) groups excluding carboxylic acids is 1. The van der Waals surface area contributed by atoms with Gasteiger partial charge in [0.05, 0.1) is 24.3 Å². The predicted octanol–water partition coefficient (Wildman–Crippen LogP) is 0.992. The Morgan fingerprint density at radius 3 is 2.79 bits per heavy atom. The Morgan fingerprint density at radius 1 is 1.37 bits per heavy atom. The van der Waals surface area contributed by atoms with E-state index in [4.69, 9.17) is 10.5 Å². The molecule has 102 valence electrons. The van der Waals surface area contributed by atoms with Gasteiger partial charge in [0.1, 0.15) is 0 Å². The minimum absolute atomic E-state index is 0.0648. The molecule has 1 aromatic carbocycles. The quantitative estimate of drug-likeness (QED) is 0.848. The highest BCUT2D eigenvalue weighted by Gasteiger charge is 2.41. The lowest BCUT2D eigenvalue weighted by molar-refractivity contribution is -0.123. The molecule has 0 spiro atoms. The Bertz CT molecular complexity index is 449. The van der Waals surface area contributed by atoms with Crippen molar-refractivity contribution in [3.05, 3.63) is 35.9 Å². The maximum absolute atomic E-state index is 12.1. The van der Waals surface area contributed by atoms with E-state index >= 15 is 0 Å². The summed E-state index contributed by atoms with van der Waals surface area (Å²) in [7, 11) is 0. The molecule has 4 atom stereocenters. The molecule has 19 heavy (non-hydrogen) atoms. The average Bonchev–Trinajstić information content (AvgIpc) is 3.02. The van der Waals surface area contributed by atoms with Crippen molar-refractivity contribution in [3.63, 3.8) is 0 Å². The summed E-state index contributed by atoms with van der Waals surface area (Å²) in [6.45, 7) is 0. The van der Waals surface area contributed by atoms with Gasteiger partial charge in [-0.1, -0.05) is 30.3 Å². The van der Waals surface area contributed by atoms with Crippen molar-refractivity contribution in [3.8, 4) is 0 Å². The Kier molecular flexibility index (Phi) is 3.53. The molecule has 1 aromatic rings. The van der Waals surface area contributed by atoms with Crippen LogP contribution in [-0.2, 0) is 16.0 Å². The number of hydrogen-bond donors (Lipinski definition) is 2. The van der Waals surface area contributed by atoms with Crippen molar-refractivity contribution in [1.82, 2.24) is 5.32 Å². The number of amides is 1. The molecule has 3 rings (SSSR count). The fourth-order valence-corrected chi connectivity index (χ4v) is 3.04. The number of carbonyl (C=O) groups is 1. The summed E-state index contributed by atoms with van der Waals surface area (Å²) in [4.78, 5) is 12.1. The van der Waals surface area contributed by atoms with Crippen LogP contribution in [0.2, 0.25) is 0 Å². The molecule has 0 radical (unpaired) electrons. The maximum atomic E-state index is 12.1. The second-order valence-electron chi connectivity index (χ2n) is 5.52. The smallest absolute Gasteiger partial charge is 0.237 e. The van der Waals surface area contributed by atoms with Crippen LogP contribution < -0.4 is 11.1 Å². The first-order chi connectivity index (χ1) is 9.22. The van der Waals surface area contributed by atoms with E-state index < -0.39 is 6.04 Å². The average molecular weight is 260 g/mol. The van der Waals surface area contributed by atoms with Gasteiger partial charge in [-0.3, -0.25) is 4.79 Å². The van der Waals surface area contributed by atoms with E-state index in [1.54, 1.807) is 0 Å². The molecule has 0 aliphatic carbocycles. The molecule has 4 nitrogen and oxygen atoms in total. The van der Waals surface area contributed by atoms with Gasteiger partial charge in [-0.15, -0.1) is 0 Å². The van der Waals surface area contributed by atoms with Gasteiger partial charge in [0.2, 0.25) is 5.91 Å². The zero-order valence-electron chi connectivity index (χ0n) is 10.9. The molecule has 0 aromatic heterocycles. The van der Waals surface area contributed by atoms with Crippen molar-refractivity contribution >= 4 is 5.91 Å². The summed E-state index contributed by atoms with van der Waals surface area (Å²) in [6, 6.07) is 9.55. The van der Waals surface area contributed by atoms with Gasteiger partial charge in [-0.05, 0) is 31.2 Å². The van der Waals surface area contributed by atoms with Gasteiger partial charge in [-0.2, -0.15) is 0 Å². The van der Waals surface area contributed by atoms with Crippen LogP contribution in [0.25, 0.3) is 0 Å². The lowest BCUT2D eigenvalue weighted by Crippen LogP contribution is -2.49. The number of nitrogens with two attached hydrogens (primary N) is 1. The molecule has 2 aliphatic rings. The standard InChI is InChI=1S/C15H20N2O2/c16-12(8-10-4-2-1-3-5-10)15(18)17-13-9-11-6-7-14(13)19-11/h1-5,11-14H,6-9,16H2,(H,17,18)/t11?,12-,13?,14?/m1/s1. The topological polar surface area (TPSA) is 64.4 Å². The highest BCUT2D eigenvalue weighted by molar-refractivity contribution is 5.82. The largest absolute Gasteiger partial charge is 0.373 e. The van der Waals surface area contributed by atoms with Crippen LogP contribution >= 0.6 is 0 Å². The molecule has 2 saturated heterocycles. The van der Waals surface area contributed by atoms with Crippen LogP contribution in [0.3, 0.4) is 0 Å². The van der Waals surface area contributed by atoms with Crippen molar-refractivity contribution in [1.29, 1.82) is 0 Å². The van der Waals surface area contributed by atoms with E-state index in [1.807, 2.05) is 30.3 Å². The van der Waals surface area contributed by atoms with Gasteiger partial charge >= 0.3 is 0 Å². The Hall–Kier alpha value is -1.39. The lowest BCUT2D eigenvalue weighted by Gasteiger charge is -2.22. The molecule has 2 fully saturated rings. The fourth-order valence-electron chi connectivity index (χ4n) is 3.04. The minimum atomic E-state index is -0.485. The van der Waals surface area contributed by atoms with Crippen molar-refractivity contribution in [2.24, 2.45) is 5.73 Å². The molecular weight excluding hydrogens is 240 g/mol. The first kappa shape index (κ1) is 12.6. The zero-order chi connectivity index (χ0) is 13.2.